The predicted molar refractivity (Wildman–Crippen MR) is 96.7 cm³/mol. The van der Waals surface area contributed by atoms with Gasteiger partial charge in [0.05, 0.1) is 12.8 Å². The average molecular weight is 356 g/mol. The first-order valence-electron chi connectivity index (χ1n) is 7.98. The minimum absolute atomic E-state index is 0.139. The number of ether oxygens (including phenoxy) is 1. The van der Waals surface area contributed by atoms with Gasteiger partial charge >= 0.3 is 0 Å². The Labute approximate surface area is 150 Å². The molecule has 2 N–H and O–H groups in total. The molecule has 7 heteroatoms. The normalized spacial score (nSPS) is 10.5. The van der Waals surface area contributed by atoms with Gasteiger partial charge in [-0.2, -0.15) is 4.98 Å². The third-order valence-corrected chi connectivity index (χ3v) is 3.68. The molecule has 0 fully saturated rings. The third kappa shape index (κ3) is 4.24. The lowest BCUT2D eigenvalue weighted by Crippen LogP contribution is -2.07. The number of benzene rings is 2. The van der Waals surface area contributed by atoms with Crippen LogP contribution >= 0.6 is 0 Å². The molecule has 5 nitrogen and oxygen atoms in total. The number of hydrogen-bond donors (Lipinski definition) is 2. The Bertz CT molecular complexity index is 918. The summed E-state index contributed by atoms with van der Waals surface area (Å²) in [5.41, 5.74) is 1.80. The van der Waals surface area contributed by atoms with E-state index in [9.17, 15) is 8.78 Å². The van der Waals surface area contributed by atoms with Crippen molar-refractivity contribution >= 4 is 17.5 Å². The van der Waals surface area contributed by atoms with Gasteiger partial charge in [0.2, 0.25) is 5.95 Å². The van der Waals surface area contributed by atoms with Gasteiger partial charge in [-0.05, 0) is 25.1 Å². The van der Waals surface area contributed by atoms with Crippen molar-refractivity contribution in [2.75, 3.05) is 17.7 Å². The number of anilines is 3. The first-order valence-corrected chi connectivity index (χ1v) is 7.98. The van der Waals surface area contributed by atoms with Crippen molar-refractivity contribution in [3.05, 3.63) is 71.4 Å². The molecule has 3 aromatic rings. The highest BCUT2D eigenvalue weighted by molar-refractivity contribution is 5.58. The first kappa shape index (κ1) is 17.6. The van der Waals surface area contributed by atoms with Crippen LogP contribution < -0.4 is 15.4 Å². The van der Waals surface area contributed by atoms with Gasteiger partial charge in [-0.15, -0.1) is 0 Å². The molecular formula is C19H18F2N4O. The van der Waals surface area contributed by atoms with Crippen LogP contribution in [0.5, 0.6) is 5.75 Å². The van der Waals surface area contributed by atoms with Gasteiger partial charge in [0, 0.05) is 29.9 Å². The Kier molecular flexibility index (Phi) is 5.26. The molecule has 2 aromatic carbocycles. The summed E-state index contributed by atoms with van der Waals surface area (Å²) < 4.78 is 32.2. The van der Waals surface area contributed by atoms with Gasteiger partial charge in [0.1, 0.15) is 23.2 Å². The highest BCUT2D eigenvalue weighted by Gasteiger charge is 2.08. The van der Waals surface area contributed by atoms with Gasteiger partial charge in [0.25, 0.3) is 0 Å². The Balaban J connectivity index is 1.77. The van der Waals surface area contributed by atoms with Gasteiger partial charge in [-0.1, -0.05) is 18.2 Å². The zero-order valence-electron chi connectivity index (χ0n) is 14.4. The van der Waals surface area contributed by atoms with Crippen LogP contribution in [-0.4, -0.2) is 17.1 Å². The zero-order valence-corrected chi connectivity index (χ0v) is 14.4. The summed E-state index contributed by atoms with van der Waals surface area (Å²) in [6.07, 6.45) is 0. The van der Waals surface area contributed by atoms with E-state index in [1.54, 1.807) is 13.2 Å². The molecule has 134 valence electrons. The Morgan fingerprint density at radius 2 is 1.85 bits per heavy atom. The summed E-state index contributed by atoms with van der Waals surface area (Å²) in [6.45, 7) is 2.28. The molecule has 3 rings (SSSR count). The first-order chi connectivity index (χ1) is 12.5. The number of para-hydroxylation sites is 1. The lowest BCUT2D eigenvalue weighted by atomic mass is 10.2. The van der Waals surface area contributed by atoms with E-state index in [1.807, 2.05) is 31.2 Å². The summed E-state index contributed by atoms with van der Waals surface area (Å²) in [6, 6.07) is 12.6. The highest BCUT2D eigenvalue weighted by Crippen LogP contribution is 2.22. The molecule has 0 spiro atoms. The summed E-state index contributed by atoms with van der Waals surface area (Å²) >= 11 is 0. The number of hydrogen-bond acceptors (Lipinski definition) is 5. The molecule has 1 aromatic heterocycles. The number of nitrogens with one attached hydrogen (secondary N) is 2. The van der Waals surface area contributed by atoms with E-state index < -0.39 is 11.6 Å². The van der Waals surface area contributed by atoms with Gasteiger partial charge < -0.3 is 15.4 Å². The molecule has 0 radical (unpaired) electrons. The molecule has 1 heterocycles. The van der Waals surface area contributed by atoms with Gasteiger partial charge in [-0.25, -0.2) is 13.8 Å². The van der Waals surface area contributed by atoms with Gasteiger partial charge in [-0.3, -0.25) is 0 Å². The van der Waals surface area contributed by atoms with Crippen LogP contribution in [0, 0.1) is 18.6 Å². The second-order valence-corrected chi connectivity index (χ2v) is 5.63. The number of halogens is 2. The van der Waals surface area contributed by atoms with Crippen molar-refractivity contribution in [1.29, 1.82) is 0 Å². The number of methoxy groups -OCH3 is 1. The van der Waals surface area contributed by atoms with E-state index in [1.165, 1.54) is 12.1 Å². The van der Waals surface area contributed by atoms with Crippen LogP contribution in [0.15, 0.2) is 48.5 Å². The van der Waals surface area contributed by atoms with E-state index in [2.05, 4.69) is 20.6 Å². The monoisotopic (exact) mass is 356 g/mol. The molecule has 26 heavy (non-hydrogen) atoms. The topological polar surface area (TPSA) is 59.1 Å². The summed E-state index contributed by atoms with van der Waals surface area (Å²) in [7, 11) is 1.61. The van der Waals surface area contributed by atoms with Crippen LogP contribution in [0.4, 0.5) is 26.2 Å². The molecule has 0 aliphatic carbocycles. The summed E-state index contributed by atoms with van der Waals surface area (Å²) in [5.74, 6) is 0.238. The Hall–Kier alpha value is -3.22. The van der Waals surface area contributed by atoms with E-state index in [4.69, 9.17) is 4.74 Å². The van der Waals surface area contributed by atoms with E-state index in [0.29, 0.717) is 24.0 Å². The fourth-order valence-electron chi connectivity index (χ4n) is 2.46. The van der Waals surface area contributed by atoms with Crippen LogP contribution in [0.3, 0.4) is 0 Å². The Morgan fingerprint density at radius 3 is 2.62 bits per heavy atom. The quantitative estimate of drug-likeness (QED) is 0.684. The molecule has 0 saturated heterocycles. The smallest absolute Gasteiger partial charge is 0.225 e. The van der Waals surface area contributed by atoms with Crippen molar-refractivity contribution < 1.29 is 13.5 Å². The van der Waals surface area contributed by atoms with Gasteiger partial charge in [0.15, 0.2) is 0 Å². The van der Waals surface area contributed by atoms with Crippen molar-refractivity contribution in [3.8, 4) is 5.75 Å². The SMILES string of the molecule is COc1ccccc1CNc1nc(C)cc(Nc2ccc(F)cc2F)n1. The lowest BCUT2D eigenvalue weighted by molar-refractivity contribution is 0.410. The summed E-state index contributed by atoms with van der Waals surface area (Å²) in [4.78, 5) is 8.65. The standard InChI is InChI=1S/C19H18F2N4O/c1-12-9-18(24-16-8-7-14(20)10-15(16)21)25-19(23-12)22-11-13-5-3-4-6-17(13)26-2/h3-10H,11H2,1-2H3,(H2,22,23,24,25). The van der Waals surface area contributed by atoms with Crippen molar-refractivity contribution in [2.24, 2.45) is 0 Å². The Morgan fingerprint density at radius 1 is 1.04 bits per heavy atom. The molecule has 0 aliphatic heterocycles. The van der Waals surface area contributed by atoms with Crippen LogP contribution in [0.1, 0.15) is 11.3 Å². The fourth-order valence-corrected chi connectivity index (χ4v) is 2.46. The average Bonchev–Trinajstić information content (AvgIpc) is 2.62. The number of aromatic nitrogens is 2. The molecule has 0 aliphatic rings. The van der Waals surface area contributed by atoms with E-state index >= 15 is 0 Å². The van der Waals surface area contributed by atoms with E-state index in [0.717, 1.165) is 17.4 Å². The molecule has 0 amide bonds. The number of aryl methyl sites for hydroxylation is 1. The maximum absolute atomic E-state index is 13.8. The highest BCUT2D eigenvalue weighted by atomic mass is 19.1. The minimum atomic E-state index is -0.690. The maximum Gasteiger partial charge on any atom is 0.225 e. The fraction of sp³-hybridized carbons (Fsp3) is 0.158. The molecule has 0 unspecified atom stereocenters. The molecule has 0 bridgehead atoms. The second-order valence-electron chi connectivity index (χ2n) is 5.63. The molecule has 0 saturated carbocycles. The second kappa shape index (κ2) is 7.77. The number of nitrogens with zero attached hydrogens (tertiary/aromatic N) is 2. The van der Waals surface area contributed by atoms with Crippen LogP contribution in [-0.2, 0) is 6.54 Å². The van der Waals surface area contributed by atoms with Crippen molar-refractivity contribution in [2.45, 2.75) is 13.5 Å². The number of rotatable bonds is 6. The van der Waals surface area contributed by atoms with E-state index in [-0.39, 0.29) is 5.69 Å². The minimum Gasteiger partial charge on any atom is -0.496 e. The largest absolute Gasteiger partial charge is 0.496 e. The van der Waals surface area contributed by atoms with Crippen molar-refractivity contribution in [3.63, 3.8) is 0 Å². The predicted octanol–water partition coefficient (Wildman–Crippen LogP) is 4.43. The summed E-state index contributed by atoms with van der Waals surface area (Å²) in [5, 5.41) is 5.97. The lowest BCUT2D eigenvalue weighted by Gasteiger charge is -2.12. The molecular weight excluding hydrogens is 338 g/mol. The third-order valence-electron chi connectivity index (χ3n) is 3.68. The van der Waals surface area contributed by atoms with Crippen LogP contribution in [0.25, 0.3) is 0 Å². The maximum atomic E-state index is 13.8. The van der Waals surface area contributed by atoms with Crippen LogP contribution in [0.2, 0.25) is 0 Å². The zero-order chi connectivity index (χ0) is 18.5. The van der Waals surface area contributed by atoms with Crippen molar-refractivity contribution in [1.82, 2.24) is 9.97 Å². The molecule has 0 atom stereocenters.